The predicted molar refractivity (Wildman–Crippen MR) is 138 cm³/mol. The molecule has 38 heavy (non-hydrogen) atoms. The Labute approximate surface area is 221 Å². The van der Waals surface area contributed by atoms with E-state index in [9.17, 15) is 29.1 Å². The molecule has 0 aliphatic carbocycles. The van der Waals surface area contributed by atoms with Crippen molar-refractivity contribution in [2.45, 2.75) is 44.8 Å². The third-order valence-electron chi connectivity index (χ3n) is 7.09. The van der Waals surface area contributed by atoms with E-state index in [1.807, 2.05) is 30.3 Å². The first-order valence-corrected chi connectivity index (χ1v) is 12.7. The Morgan fingerprint density at radius 1 is 0.921 bits per heavy atom. The smallest absolute Gasteiger partial charge is 0.326 e. The Bertz CT molecular complexity index is 1190. The average molecular weight is 521 g/mol. The number of amides is 4. The van der Waals surface area contributed by atoms with Crippen LogP contribution < -0.4 is 5.32 Å². The van der Waals surface area contributed by atoms with Crippen LogP contribution in [0.4, 0.5) is 0 Å². The summed E-state index contributed by atoms with van der Waals surface area (Å²) in [5, 5.41) is 12.4. The molecule has 2 heterocycles. The second-order valence-electron chi connectivity index (χ2n) is 9.66. The zero-order valence-corrected chi connectivity index (χ0v) is 21.3. The van der Waals surface area contributed by atoms with Crippen molar-refractivity contribution in [1.29, 1.82) is 0 Å². The Kier molecular flexibility index (Phi) is 8.40. The van der Waals surface area contributed by atoms with E-state index in [0.29, 0.717) is 43.7 Å². The van der Waals surface area contributed by atoms with Gasteiger partial charge in [-0.25, -0.2) is 4.79 Å². The number of nitrogens with one attached hydrogen (secondary N) is 1. The number of aliphatic carboxylic acids is 1. The second-order valence-corrected chi connectivity index (χ2v) is 9.66. The van der Waals surface area contributed by atoms with Crippen LogP contribution >= 0.6 is 0 Å². The lowest BCUT2D eigenvalue weighted by molar-refractivity contribution is -0.143. The third kappa shape index (κ3) is 6.37. The summed E-state index contributed by atoms with van der Waals surface area (Å²) in [7, 11) is 0. The van der Waals surface area contributed by atoms with Gasteiger partial charge in [0.05, 0.1) is 0 Å². The fourth-order valence-corrected chi connectivity index (χ4v) is 4.88. The van der Waals surface area contributed by atoms with Crippen LogP contribution in [0.25, 0.3) is 0 Å². The lowest BCUT2D eigenvalue weighted by Gasteiger charge is -2.34. The molecule has 0 bridgehead atoms. The van der Waals surface area contributed by atoms with Gasteiger partial charge in [0.25, 0.3) is 5.91 Å². The molecule has 10 nitrogen and oxygen atoms in total. The van der Waals surface area contributed by atoms with Crippen LogP contribution in [0.1, 0.15) is 41.3 Å². The van der Waals surface area contributed by atoms with Gasteiger partial charge in [-0.05, 0) is 29.7 Å². The molecule has 2 aliphatic heterocycles. The number of carbonyl (C=O) groups is 5. The molecule has 0 saturated carbocycles. The first kappa shape index (κ1) is 26.8. The van der Waals surface area contributed by atoms with Gasteiger partial charge in [-0.1, -0.05) is 42.5 Å². The molecular formula is C28H32N4O6. The number of benzene rings is 2. The molecule has 2 aromatic rings. The normalized spacial score (nSPS) is 18.3. The molecule has 2 atom stereocenters. The van der Waals surface area contributed by atoms with Gasteiger partial charge in [0.15, 0.2) is 0 Å². The van der Waals surface area contributed by atoms with Gasteiger partial charge in [-0.3, -0.25) is 19.2 Å². The van der Waals surface area contributed by atoms with E-state index in [1.54, 1.807) is 34.1 Å². The number of carbonyl (C=O) groups excluding carboxylic acids is 4. The molecule has 2 aromatic carbocycles. The maximum atomic E-state index is 13.0. The van der Waals surface area contributed by atoms with E-state index >= 15 is 0 Å². The number of hydrogen-bond donors (Lipinski definition) is 2. The van der Waals surface area contributed by atoms with E-state index in [4.69, 9.17) is 0 Å². The fraction of sp³-hybridized carbons (Fsp3) is 0.393. The van der Waals surface area contributed by atoms with E-state index < -0.39 is 24.0 Å². The van der Waals surface area contributed by atoms with Gasteiger partial charge >= 0.3 is 5.97 Å². The summed E-state index contributed by atoms with van der Waals surface area (Å²) >= 11 is 0. The largest absolute Gasteiger partial charge is 0.480 e. The highest BCUT2D eigenvalue weighted by Crippen LogP contribution is 2.22. The number of carboxylic acid groups (broad SMARTS) is 1. The minimum absolute atomic E-state index is 0.00930. The Morgan fingerprint density at radius 3 is 2.16 bits per heavy atom. The van der Waals surface area contributed by atoms with E-state index in [-0.39, 0.29) is 37.1 Å². The molecule has 200 valence electrons. The van der Waals surface area contributed by atoms with Gasteiger partial charge in [0.1, 0.15) is 12.1 Å². The maximum Gasteiger partial charge on any atom is 0.326 e. The fourth-order valence-electron chi connectivity index (χ4n) is 4.88. The van der Waals surface area contributed by atoms with Crippen molar-refractivity contribution in [1.82, 2.24) is 20.0 Å². The van der Waals surface area contributed by atoms with Crippen LogP contribution in [0.3, 0.4) is 0 Å². The Morgan fingerprint density at radius 2 is 1.55 bits per heavy atom. The molecule has 4 amide bonds. The molecule has 10 heteroatoms. The van der Waals surface area contributed by atoms with Gasteiger partial charge in [0, 0.05) is 58.1 Å². The lowest BCUT2D eigenvalue weighted by Crippen LogP contribution is -2.50. The number of nitrogens with zero attached hydrogens (tertiary/aromatic N) is 3. The van der Waals surface area contributed by atoms with Crippen molar-refractivity contribution in [2.24, 2.45) is 0 Å². The summed E-state index contributed by atoms with van der Waals surface area (Å²) in [4.78, 5) is 66.7. The highest BCUT2D eigenvalue weighted by Gasteiger charge is 2.37. The van der Waals surface area contributed by atoms with Crippen LogP contribution in [0.5, 0.6) is 0 Å². The van der Waals surface area contributed by atoms with Crippen molar-refractivity contribution in [2.75, 3.05) is 26.2 Å². The van der Waals surface area contributed by atoms with Crippen molar-refractivity contribution in [3.8, 4) is 0 Å². The summed E-state index contributed by atoms with van der Waals surface area (Å²) in [6.45, 7) is 3.70. The average Bonchev–Trinajstić information content (AvgIpc) is 3.28. The highest BCUT2D eigenvalue weighted by molar-refractivity contribution is 5.95. The molecule has 2 fully saturated rings. The van der Waals surface area contributed by atoms with Crippen molar-refractivity contribution in [3.05, 3.63) is 71.3 Å². The number of carboxylic acids is 1. The van der Waals surface area contributed by atoms with Crippen LogP contribution in [0.15, 0.2) is 54.6 Å². The van der Waals surface area contributed by atoms with Gasteiger partial charge in [-0.2, -0.15) is 0 Å². The Balaban J connectivity index is 1.36. The maximum absolute atomic E-state index is 13.0. The van der Waals surface area contributed by atoms with Gasteiger partial charge in [0.2, 0.25) is 17.7 Å². The van der Waals surface area contributed by atoms with Gasteiger partial charge < -0.3 is 25.1 Å². The molecular weight excluding hydrogens is 488 g/mol. The van der Waals surface area contributed by atoms with Crippen molar-refractivity contribution < 1.29 is 29.1 Å². The van der Waals surface area contributed by atoms with E-state index in [1.165, 1.54) is 11.8 Å². The van der Waals surface area contributed by atoms with Crippen molar-refractivity contribution >= 4 is 29.6 Å². The Hall–Kier alpha value is -4.21. The third-order valence-corrected chi connectivity index (χ3v) is 7.09. The summed E-state index contributed by atoms with van der Waals surface area (Å²) in [6.07, 6.45) is 0.607. The second kappa shape index (κ2) is 11.9. The minimum atomic E-state index is -1.18. The molecule has 0 radical (unpaired) electrons. The predicted octanol–water partition coefficient (Wildman–Crippen LogP) is 1.29. The number of piperazine rings is 1. The molecule has 4 rings (SSSR count). The van der Waals surface area contributed by atoms with Crippen molar-refractivity contribution in [3.63, 3.8) is 0 Å². The van der Waals surface area contributed by atoms with E-state index in [2.05, 4.69) is 5.32 Å². The lowest BCUT2D eigenvalue weighted by atomic mass is 10.0. The number of rotatable bonds is 8. The minimum Gasteiger partial charge on any atom is -0.480 e. The summed E-state index contributed by atoms with van der Waals surface area (Å²) in [6, 6.07) is 14.1. The molecule has 2 saturated heterocycles. The molecule has 0 aromatic heterocycles. The topological polar surface area (TPSA) is 127 Å². The first-order valence-electron chi connectivity index (χ1n) is 12.7. The zero-order valence-electron chi connectivity index (χ0n) is 21.3. The highest BCUT2D eigenvalue weighted by atomic mass is 16.4. The first-order chi connectivity index (χ1) is 18.2. The van der Waals surface area contributed by atoms with Gasteiger partial charge in [-0.15, -0.1) is 0 Å². The quantitative estimate of drug-likeness (QED) is 0.540. The number of hydrogen-bond acceptors (Lipinski definition) is 5. The van der Waals surface area contributed by atoms with Crippen LogP contribution in [-0.2, 0) is 32.1 Å². The SMILES string of the molecule is CC(=O)N1CCN(C(=O)c2ccc(C[C@H](NC(=O)[C@@H]3CCC(=O)N3Cc3ccccc3)C(=O)O)cc2)CC1. The summed E-state index contributed by atoms with van der Waals surface area (Å²) < 4.78 is 0. The molecule has 0 unspecified atom stereocenters. The number of likely N-dealkylation sites (tertiary alicyclic amines) is 1. The van der Waals surface area contributed by atoms with E-state index in [0.717, 1.165) is 5.56 Å². The monoisotopic (exact) mass is 520 g/mol. The zero-order chi connectivity index (χ0) is 27.2. The van der Waals surface area contributed by atoms with Crippen LogP contribution in [0, 0.1) is 0 Å². The summed E-state index contributed by atoms with van der Waals surface area (Å²) in [5.41, 5.74) is 2.02. The molecule has 2 N–H and O–H groups in total. The standard InChI is InChI=1S/C28H32N4O6/c1-19(33)30-13-15-31(16-14-30)27(36)22-9-7-20(8-10-22)17-23(28(37)38)29-26(35)24-11-12-25(34)32(24)18-21-5-3-2-4-6-21/h2-10,23-24H,11-18H2,1H3,(H,29,35)(H,37,38)/t23-,24-/m0/s1. The van der Waals surface area contributed by atoms with Crippen LogP contribution in [-0.4, -0.2) is 87.7 Å². The summed E-state index contributed by atoms with van der Waals surface area (Å²) in [5.74, 6) is -1.96. The van der Waals surface area contributed by atoms with Crippen LogP contribution in [0.2, 0.25) is 0 Å². The molecule has 2 aliphatic rings. The molecule has 0 spiro atoms.